The zero-order valence-corrected chi connectivity index (χ0v) is 8.96. The van der Waals surface area contributed by atoms with Gasteiger partial charge in [0.2, 0.25) is 0 Å². The molecule has 4 nitrogen and oxygen atoms in total. The molecule has 2 atom stereocenters. The second-order valence-electron chi connectivity index (χ2n) is 3.88. The minimum atomic E-state index is 0.0862. The molecule has 1 saturated heterocycles. The van der Waals surface area contributed by atoms with Gasteiger partial charge in [0.25, 0.3) is 0 Å². The first-order valence-corrected chi connectivity index (χ1v) is 5.43. The Labute approximate surface area is 86.0 Å². The number of aliphatic hydroxyl groups excluding tert-OH is 1. The Bertz CT molecular complexity index is 136. The highest BCUT2D eigenvalue weighted by atomic mass is 16.5. The molecule has 0 bridgehead atoms. The quantitative estimate of drug-likeness (QED) is 0.574. The molecule has 0 aromatic rings. The number of aliphatic hydroxyl groups is 1. The van der Waals surface area contributed by atoms with Crippen LogP contribution in [0.3, 0.4) is 0 Å². The lowest BCUT2D eigenvalue weighted by Gasteiger charge is -2.22. The van der Waals surface area contributed by atoms with Gasteiger partial charge in [0.1, 0.15) is 0 Å². The SMILES string of the molecule is COCC(CO)NC1CCCNCC1. The Morgan fingerprint density at radius 3 is 3.07 bits per heavy atom. The van der Waals surface area contributed by atoms with Crippen LogP contribution in [0.15, 0.2) is 0 Å². The van der Waals surface area contributed by atoms with E-state index in [1.165, 1.54) is 12.8 Å². The Morgan fingerprint density at radius 1 is 1.50 bits per heavy atom. The summed E-state index contributed by atoms with van der Waals surface area (Å²) in [5.74, 6) is 0. The molecular formula is C10H22N2O2. The van der Waals surface area contributed by atoms with Crippen molar-refractivity contribution < 1.29 is 9.84 Å². The highest BCUT2D eigenvalue weighted by Gasteiger charge is 2.15. The highest BCUT2D eigenvalue weighted by molar-refractivity contribution is 4.77. The average Bonchev–Trinajstić information content (AvgIpc) is 2.45. The van der Waals surface area contributed by atoms with Crippen molar-refractivity contribution in [3.63, 3.8) is 0 Å². The van der Waals surface area contributed by atoms with E-state index in [1.54, 1.807) is 7.11 Å². The van der Waals surface area contributed by atoms with E-state index < -0.39 is 0 Å². The molecule has 4 heteroatoms. The molecular weight excluding hydrogens is 180 g/mol. The molecule has 1 fully saturated rings. The van der Waals surface area contributed by atoms with Gasteiger partial charge < -0.3 is 20.5 Å². The fourth-order valence-corrected chi connectivity index (χ4v) is 1.87. The molecule has 84 valence electrons. The van der Waals surface area contributed by atoms with E-state index in [1.807, 2.05) is 0 Å². The first-order chi connectivity index (χ1) is 6.86. The van der Waals surface area contributed by atoms with Gasteiger partial charge in [0, 0.05) is 13.2 Å². The first kappa shape index (κ1) is 11.9. The zero-order chi connectivity index (χ0) is 10.2. The molecule has 0 spiro atoms. The third-order valence-electron chi connectivity index (χ3n) is 2.64. The normalized spacial score (nSPS) is 25.7. The maximum Gasteiger partial charge on any atom is 0.0638 e. The number of methoxy groups -OCH3 is 1. The molecule has 0 saturated carbocycles. The standard InChI is InChI=1S/C10H22N2O2/c1-14-8-10(7-13)12-9-3-2-5-11-6-4-9/h9-13H,2-8H2,1H3. The molecule has 1 aliphatic heterocycles. The smallest absolute Gasteiger partial charge is 0.0638 e. The molecule has 0 amide bonds. The monoisotopic (exact) mass is 202 g/mol. The number of ether oxygens (including phenoxy) is 1. The molecule has 0 aromatic carbocycles. The summed E-state index contributed by atoms with van der Waals surface area (Å²) >= 11 is 0. The van der Waals surface area contributed by atoms with Crippen molar-refractivity contribution in [3.05, 3.63) is 0 Å². The fourth-order valence-electron chi connectivity index (χ4n) is 1.87. The number of hydrogen-bond acceptors (Lipinski definition) is 4. The molecule has 1 heterocycles. The molecule has 2 unspecified atom stereocenters. The summed E-state index contributed by atoms with van der Waals surface area (Å²) in [4.78, 5) is 0. The topological polar surface area (TPSA) is 53.5 Å². The highest BCUT2D eigenvalue weighted by Crippen LogP contribution is 2.05. The van der Waals surface area contributed by atoms with E-state index in [0.29, 0.717) is 12.6 Å². The zero-order valence-electron chi connectivity index (χ0n) is 8.96. The van der Waals surface area contributed by atoms with Crippen LogP contribution in [0.25, 0.3) is 0 Å². The van der Waals surface area contributed by atoms with E-state index in [2.05, 4.69) is 10.6 Å². The van der Waals surface area contributed by atoms with E-state index in [0.717, 1.165) is 19.5 Å². The lowest BCUT2D eigenvalue weighted by atomic mass is 10.1. The predicted molar refractivity (Wildman–Crippen MR) is 56.4 cm³/mol. The molecule has 1 aliphatic rings. The van der Waals surface area contributed by atoms with Crippen molar-refractivity contribution in [3.8, 4) is 0 Å². The Kier molecular flexibility index (Phi) is 6.10. The van der Waals surface area contributed by atoms with Gasteiger partial charge in [0.15, 0.2) is 0 Å². The van der Waals surface area contributed by atoms with Crippen LogP contribution in [0.5, 0.6) is 0 Å². The molecule has 0 aromatic heterocycles. The minimum absolute atomic E-state index is 0.0862. The second-order valence-corrected chi connectivity index (χ2v) is 3.88. The summed E-state index contributed by atoms with van der Waals surface area (Å²) in [6.45, 7) is 2.92. The van der Waals surface area contributed by atoms with E-state index in [9.17, 15) is 0 Å². The van der Waals surface area contributed by atoms with Crippen LogP contribution in [-0.2, 0) is 4.74 Å². The lowest BCUT2D eigenvalue weighted by Crippen LogP contribution is -2.43. The predicted octanol–water partition coefficient (Wildman–Crippen LogP) is -0.275. The van der Waals surface area contributed by atoms with E-state index in [-0.39, 0.29) is 12.6 Å². The van der Waals surface area contributed by atoms with Crippen LogP contribution < -0.4 is 10.6 Å². The lowest BCUT2D eigenvalue weighted by molar-refractivity contribution is 0.121. The summed E-state index contributed by atoms with van der Waals surface area (Å²) in [6.07, 6.45) is 3.54. The summed E-state index contributed by atoms with van der Waals surface area (Å²) in [7, 11) is 1.67. The van der Waals surface area contributed by atoms with Crippen molar-refractivity contribution in [1.29, 1.82) is 0 Å². The van der Waals surface area contributed by atoms with Gasteiger partial charge in [-0.3, -0.25) is 0 Å². The van der Waals surface area contributed by atoms with Gasteiger partial charge in [0.05, 0.1) is 19.3 Å². The van der Waals surface area contributed by atoms with E-state index >= 15 is 0 Å². The van der Waals surface area contributed by atoms with Crippen LogP contribution in [-0.4, -0.2) is 50.6 Å². The van der Waals surface area contributed by atoms with Gasteiger partial charge >= 0.3 is 0 Å². The van der Waals surface area contributed by atoms with Crippen molar-refractivity contribution in [2.24, 2.45) is 0 Å². The summed E-state index contributed by atoms with van der Waals surface area (Å²) in [5.41, 5.74) is 0. The third-order valence-corrected chi connectivity index (χ3v) is 2.64. The van der Waals surface area contributed by atoms with Crippen LogP contribution in [0.1, 0.15) is 19.3 Å². The number of hydrogen-bond donors (Lipinski definition) is 3. The Balaban J connectivity index is 2.24. The first-order valence-electron chi connectivity index (χ1n) is 5.43. The van der Waals surface area contributed by atoms with E-state index in [4.69, 9.17) is 9.84 Å². The number of nitrogens with one attached hydrogen (secondary N) is 2. The van der Waals surface area contributed by atoms with Crippen molar-refractivity contribution in [1.82, 2.24) is 10.6 Å². The Morgan fingerprint density at radius 2 is 2.36 bits per heavy atom. The van der Waals surface area contributed by atoms with Gasteiger partial charge in [-0.2, -0.15) is 0 Å². The van der Waals surface area contributed by atoms with Gasteiger partial charge in [-0.1, -0.05) is 0 Å². The Hall–Kier alpha value is -0.160. The van der Waals surface area contributed by atoms with Crippen molar-refractivity contribution >= 4 is 0 Å². The molecule has 14 heavy (non-hydrogen) atoms. The summed E-state index contributed by atoms with van der Waals surface area (Å²) in [6, 6.07) is 0.611. The average molecular weight is 202 g/mol. The summed E-state index contributed by atoms with van der Waals surface area (Å²) < 4.78 is 5.03. The van der Waals surface area contributed by atoms with Gasteiger partial charge in [-0.25, -0.2) is 0 Å². The van der Waals surface area contributed by atoms with Crippen LogP contribution >= 0.6 is 0 Å². The van der Waals surface area contributed by atoms with Crippen LogP contribution in [0, 0.1) is 0 Å². The van der Waals surface area contributed by atoms with Crippen molar-refractivity contribution in [2.45, 2.75) is 31.3 Å². The molecule has 0 aliphatic carbocycles. The number of rotatable bonds is 5. The van der Waals surface area contributed by atoms with Crippen molar-refractivity contribution in [2.75, 3.05) is 33.4 Å². The molecule has 3 N–H and O–H groups in total. The van der Waals surface area contributed by atoms with Crippen LogP contribution in [0.2, 0.25) is 0 Å². The molecule has 1 rings (SSSR count). The van der Waals surface area contributed by atoms with Crippen LogP contribution in [0.4, 0.5) is 0 Å². The maximum atomic E-state index is 9.10. The summed E-state index contributed by atoms with van der Waals surface area (Å²) in [5, 5.41) is 15.9. The molecule has 0 radical (unpaired) electrons. The second kappa shape index (κ2) is 7.17. The maximum absolute atomic E-state index is 9.10. The minimum Gasteiger partial charge on any atom is -0.395 e. The largest absolute Gasteiger partial charge is 0.395 e. The fraction of sp³-hybridized carbons (Fsp3) is 1.00. The van der Waals surface area contributed by atoms with Gasteiger partial charge in [-0.15, -0.1) is 0 Å². The van der Waals surface area contributed by atoms with Gasteiger partial charge in [-0.05, 0) is 32.4 Å². The third kappa shape index (κ3) is 4.37.